The van der Waals surface area contributed by atoms with E-state index < -0.39 is 18.0 Å². The summed E-state index contributed by atoms with van der Waals surface area (Å²) in [6, 6.07) is 8.56. The minimum absolute atomic E-state index is 0.298. The maximum atomic E-state index is 12.1. The van der Waals surface area contributed by atoms with Gasteiger partial charge in [-0.25, -0.2) is 4.79 Å². The second-order valence-electron chi connectivity index (χ2n) is 4.98. The van der Waals surface area contributed by atoms with E-state index in [0.717, 1.165) is 5.56 Å². The van der Waals surface area contributed by atoms with Crippen LogP contribution >= 0.6 is 0 Å². The second kappa shape index (κ2) is 6.89. The number of hydrogen-bond donors (Lipinski definition) is 1. The summed E-state index contributed by atoms with van der Waals surface area (Å²) in [5, 5.41) is 6.23. The van der Waals surface area contributed by atoms with Gasteiger partial charge in [0.15, 0.2) is 11.9 Å². The molecule has 0 spiro atoms. The highest BCUT2D eigenvalue weighted by atomic mass is 16.5. The van der Waals surface area contributed by atoms with Gasteiger partial charge in [0.25, 0.3) is 5.91 Å². The first kappa shape index (κ1) is 15.8. The largest absolute Gasteiger partial charge is 0.449 e. The summed E-state index contributed by atoms with van der Waals surface area (Å²) >= 11 is 0. The molecule has 0 saturated carbocycles. The van der Waals surface area contributed by atoms with Crippen LogP contribution in [0.1, 0.15) is 35.0 Å². The van der Waals surface area contributed by atoms with Gasteiger partial charge in [-0.2, -0.15) is 0 Å². The summed E-state index contributed by atoms with van der Waals surface area (Å²) < 4.78 is 10.1. The molecule has 2 rings (SSSR count). The topological polar surface area (TPSA) is 81.4 Å². The molecule has 0 aliphatic heterocycles. The fourth-order valence-electron chi connectivity index (χ4n) is 1.84. The first-order valence-corrected chi connectivity index (χ1v) is 7.01. The maximum absolute atomic E-state index is 12.1. The quantitative estimate of drug-likeness (QED) is 0.859. The third-order valence-electron chi connectivity index (χ3n) is 3.08. The van der Waals surface area contributed by atoms with Crippen LogP contribution in [0.2, 0.25) is 0 Å². The zero-order valence-corrected chi connectivity index (χ0v) is 12.8. The van der Waals surface area contributed by atoms with Crippen molar-refractivity contribution in [3.63, 3.8) is 0 Å². The predicted octanol–water partition coefficient (Wildman–Crippen LogP) is 2.87. The van der Waals surface area contributed by atoms with Crippen LogP contribution in [0.4, 0.5) is 5.82 Å². The van der Waals surface area contributed by atoms with Gasteiger partial charge in [-0.15, -0.1) is 0 Å². The van der Waals surface area contributed by atoms with Crippen LogP contribution in [0.5, 0.6) is 0 Å². The lowest BCUT2D eigenvalue weighted by Crippen LogP contribution is -2.32. The molecule has 0 radical (unpaired) electrons. The molecule has 0 bridgehead atoms. The van der Waals surface area contributed by atoms with Crippen molar-refractivity contribution in [1.29, 1.82) is 0 Å². The summed E-state index contributed by atoms with van der Waals surface area (Å²) in [5.41, 5.74) is 1.46. The third-order valence-corrected chi connectivity index (χ3v) is 3.08. The van der Waals surface area contributed by atoms with Crippen molar-refractivity contribution in [2.75, 3.05) is 5.32 Å². The Labute approximate surface area is 128 Å². The average molecular weight is 302 g/mol. The summed E-state index contributed by atoms with van der Waals surface area (Å²) in [6.45, 7) is 5.41. The Balaban J connectivity index is 2.00. The minimum atomic E-state index is -0.884. The van der Waals surface area contributed by atoms with Crippen molar-refractivity contribution >= 4 is 17.7 Å². The third kappa shape index (κ3) is 3.94. The number of esters is 1. The van der Waals surface area contributed by atoms with Gasteiger partial charge in [-0.05, 0) is 32.4 Å². The normalized spacial score (nSPS) is 11.8. The Kier molecular flexibility index (Phi) is 4.93. The maximum Gasteiger partial charge on any atom is 0.338 e. The van der Waals surface area contributed by atoms with Crippen LogP contribution in [0, 0.1) is 13.8 Å². The zero-order valence-electron chi connectivity index (χ0n) is 12.8. The Bertz CT molecular complexity index is 661. The summed E-state index contributed by atoms with van der Waals surface area (Å²) in [6.07, 6.45) is -0.522. The van der Waals surface area contributed by atoms with Gasteiger partial charge in [0.1, 0.15) is 5.76 Å². The van der Waals surface area contributed by atoms with E-state index in [1.54, 1.807) is 32.0 Å². The molecule has 116 valence electrons. The number of carbonyl (C=O) groups is 2. The highest BCUT2D eigenvalue weighted by molar-refractivity contribution is 5.97. The van der Waals surface area contributed by atoms with Gasteiger partial charge in [0.2, 0.25) is 0 Å². The number of aryl methyl sites for hydroxylation is 2. The fraction of sp³-hybridized carbons (Fsp3) is 0.312. The van der Waals surface area contributed by atoms with E-state index in [-0.39, 0.29) is 0 Å². The van der Waals surface area contributed by atoms with E-state index in [2.05, 4.69) is 10.5 Å². The molecule has 6 heteroatoms. The number of nitrogens with zero attached hydrogens (tertiary/aromatic N) is 1. The van der Waals surface area contributed by atoms with E-state index in [1.807, 2.05) is 19.1 Å². The molecule has 22 heavy (non-hydrogen) atoms. The molecule has 0 unspecified atom stereocenters. The number of ether oxygens (including phenoxy) is 1. The molecule has 0 aliphatic rings. The number of rotatable bonds is 5. The molecule has 0 aliphatic carbocycles. The van der Waals surface area contributed by atoms with Crippen LogP contribution < -0.4 is 5.32 Å². The molecular formula is C16H18N2O4. The number of aromatic nitrogens is 1. The molecule has 1 aromatic heterocycles. The Morgan fingerprint density at radius 2 is 1.95 bits per heavy atom. The van der Waals surface area contributed by atoms with E-state index in [9.17, 15) is 9.59 Å². The number of benzene rings is 1. The van der Waals surface area contributed by atoms with Crippen LogP contribution in [0.25, 0.3) is 0 Å². The molecule has 2 aromatic rings. The standard InChI is InChI=1S/C16H18N2O4/c1-4-13(15(19)17-14-9-11(3)22-18-14)21-16(20)12-7-5-10(2)6-8-12/h5-9,13H,4H2,1-3H3,(H,17,18,19)/t13-/m1/s1. The molecule has 1 N–H and O–H groups in total. The van der Waals surface area contributed by atoms with Gasteiger partial charge in [-0.3, -0.25) is 4.79 Å². The first-order valence-electron chi connectivity index (χ1n) is 7.01. The molecule has 1 atom stereocenters. The Morgan fingerprint density at radius 1 is 1.27 bits per heavy atom. The van der Waals surface area contributed by atoms with Crippen molar-refractivity contribution in [2.45, 2.75) is 33.3 Å². The van der Waals surface area contributed by atoms with Crippen LogP contribution in [0.15, 0.2) is 34.9 Å². The number of anilines is 1. The SMILES string of the molecule is CC[C@@H](OC(=O)c1ccc(C)cc1)C(=O)Nc1cc(C)on1. The summed E-state index contributed by atoms with van der Waals surface area (Å²) in [4.78, 5) is 24.2. The fourth-order valence-corrected chi connectivity index (χ4v) is 1.84. The number of carbonyl (C=O) groups excluding carboxylic acids is 2. The van der Waals surface area contributed by atoms with Gasteiger partial charge in [-0.1, -0.05) is 29.8 Å². The predicted molar refractivity (Wildman–Crippen MR) is 80.5 cm³/mol. The highest BCUT2D eigenvalue weighted by Crippen LogP contribution is 2.12. The van der Waals surface area contributed by atoms with Gasteiger partial charge in [0, 0.05) is 6.07 Å². The van der Waals surface area contributed by atoms with Crippen LogP contribution in [0.3, 0.4) is 0 Å². The van der Waals surface area contributed by atoms with Gasteiger partial charge < -0.3 is 14.6 Å². The van der Waals surface area contributed by atoms with E-state index in [0.29, 0.717) is 23.6 Å². The van der Waals surface area contributed by atoms with Gasteiger partial charge >= 0.3 is 5.97 Å². The van der Waals surface area contributed by atoms with E-state index in [1.165, 1.54) is 0 Å². The van der Waals surface area contributed by atoms with Crippen molar-refractivity contribution in [3.05, 3.63) is 47.2 Å². The smallest absolute Gasteiger partial charge is 0.338 e. The average Bonchev–Trinajstić information content (AvgIpc) is 2.90. The first-order chi connectivity index (χ1) is 10.5. The number of nitrogens with one attached hydrogen (secondary N) is 1. The molecule has 1 heterocycles. The van der Waals surface area contributed by atoms with Crippen molar-refractivity contribution in [3.8, 4) is 0 Å². The molecule has 0 fully saturated rings. The van der Waals surface area contributed by atoms with E-state index >= 15 is 0 Å². The van der Waals surface area contributed by atoms with Crippen molar-refractivity contribution < 1.29 is 18.8 Å². The zero-order chi connectivity index (χ0) is 16.1. The lowest BCUT2D eigenvalue weighted by atomic mass is 10.1. The summed E-state index contributed by atoms with van der Waals surface area (Å²) in [5.74, 6) is -0.0815. The Morgan fingerprint density at radius 3 is 2.50 bits per heavy atom. The molecule has 1 aromatic carbocycles. The van der Waals surface area contributed by atoms with E-state index in [4.69, 9.17) is 9.26 Å². The minimum Gasteiger partial charge on any atom is -0.449 e. The lowest BCUT2D eigenvalue weighted by Gasteiger charge is -2.15. The molecule has 1 amide bonds. The number of hydrogen-bond acceptors (Lipinski definition) is 5. The molecule has 0 saturated heterocycles. The summed E-state index contributed by atoms with van der Waals surface area (Å²) in [7, 11) is 0. The molecular weight excluding hydrogens is 284 g/mol. The van der Waals surface area contributed by atoms with Crippen LogP contribution in [-0.2, 0) is 9.53 Å². The van der Waals surface area contributed by atoms with Crippen LogP contribution in [-0.4, -0.2) is 23.1 Å². The second-order valence-corrected chi connectivity index (χ2v) is 4.98. The van der Waals surface area contributed by atoms with Crippen molar-refractivity contribution in [2.24, 2.45) is 0 Å². The van der Waals surface area contributed by atoms with Gasteiger partial charge in [0.05, 0.1) is 5.56 Å². The highest BCUT2D eigenvalue weighted by Gasteiger charge is 2.22. The molecule has 6 nitrogen and oxygen atoms in total. The number of amides is 1. The lowest BCUT2D eigenvalue weighted by molar-refractivity contribution is -0.124. The monoisotopic (exact) mass is 302 g/mol. The van der Waals surface area contributed by atoms with Crippen molar-refractivity contribution in [1.82, 2.24) is 5.16 Å². The Hall–Kier alpha value is -2.63.